The van der Waals surface area contributed by atoms with Crippen molar-refractivity contribution in [2.45, 2.75) is 82.3 Å². The first-order valence-electron chi connectivity index (χ1n) is 8.86. The first-order valence-corrected chi connectivity index (χ1v) is 8.86. The van der Waals surface area contributed by atoms with Crippen LogP contribution in [0.3, 0.4) is 0 Å². The number of carbonyl (C=O) groups excluding carboxylic acids is 2. The Morgan fingerprint density at radius 1 is 0.905 bits per heavy atom. The molecule has 0 aromatic heterocycles. The standard InChI is InChI=1S/C17H26N2O2/c20-15-10-14(18-16(11-6-7-11)12-8-9-12)17(21)19(15)13-4-2-1-3-5-13/h11-14,16,18H,1-10H2. The normalized spacial score (nSPS) is 31.5. The third-order valence-electron chi connectivity index (χ3n) is 5.78. The van der Waals surface area contributed by atoms with Crippen LogP contribution in [0.4, 0.5) is 0 Å². The summed E-state index contributed by atoms with van der Waals surface area (Å²) >= 11 is 0. The summed E-state index contributed by atoms with van der Waals surface area (Å²) in [5.74, 6) is 1.67. The van der Waals surface area contributed by atoms with Crippen LogP contribution in [0.5, 0.6) is 0 Å². The molecule has 4 heteroatoms. The second-order valence-electron chi connectivity index (χ2n) is 7.52. The highest BCUT2D eigenvalue weighted by Gasteiger charge is 2.47. The maximum atomic E-state index is 12.7. The van der Waals surface area contributed by atoms with Gasteiger partial charge in [-0.3, -0.25) is 14.5 Å². The lowest BCUT2D eigenvalue weighted by Gasteiger charge is -2.30. The van der Waals surface area contributed by atoms with Crippen LogP contribution >= 0.6 is 0 Å². The second-order valence-corrected chi connectivity index (χ2v) is 7.52. The van der Waals surface area contributed by atoms with E-state index in [0.29, 0.717) is 12.5 Å². The van der Waals surface area contributed by atoms with Crippen LogP contribution in [0, 0.1) is 11.8 Å². The molecule has 0 aromatic carbocycles. The lowest BCUT2D eigenvalue weighted by molar-refractivity contribution is -0.142. The van der Waals surface area contributed by atoms with Gasteiger partial charge in [-0.05, 0) is 50.4 Å². The third kappa shape index (κ3) is 2.75. The highest BCUT2D eigenvalue weighted by Crippen LogP contribution is 2.45. The van der Waals surface area contributed by atoms with Gasteiger partial charge >= 0.3 is 0 Å². The zero-order chi connectivity index (χ0) is 14.4. The van der Waals surface area contributed by atoms with E-state index < -0.39 is 0 Å². The molecule has 1 atom stereocenters. The van der Waals surface area contributed by atoms with E-state index in [9.17, 15) is 9.59 Å². The van der Waals surface area contributed by atoms with Crippen LogP contribution in [0.15, 0.2) is 0 Å². The van der Waals surface area contributed by atoms with E-state index in [0.717, 1.165) is 37.5 Å². The monoisotopic (exact) mass is 290 g/mol. The van der Waals surface area contributed by atoms with Crippen molar-refractivity contribution in [1.29, 1.82) is 0 Å². The molecule has 1 saturated heterocycles. The minimum atomic E-state index is -0.231. The molecule has 4 fully saturated rings. The van der Waals surface area contributed by atoms with Crippen LogP contribution in [0.2, 0.25) is 0 Å². The van der Waals surface area contributed by atoms with E-state index in [1.807, 2.05) is 0 Å². The van der Waals surface area contributed by atoms with Gasteiger partial charge in [-0.1, -0.05) is 19.3 Å². The van der Waals surface area contributed by atoms with Crippen molar-refractivity contribution in [1.82, 2.24) is 10.2 Å². The number of rotatable bonds is 5. The van der Waals surface area contributed by atoms with Gasteiger partial charge < -0.3 is 5.32 Å². The summed E-state index contributed by atoms with van der Waals surface area (Å²) < 4.78 is 0. The van der Waals surface area contributed by atoms with Gasteiger partial charge in [-0.25, -0.2) is 0 Å². The third-order valence-corrected chi connectivity index (χ3v) is 5.78. The zero-order valence-corrected chi connectivity index (χ0v) is 12.7. The van der Waals surface area contributed by atoms with Crippen LogP contribution in [-0.2, 0) is 9.59 Å². The highest BCUT2D eigenvalue weighted by atomic mass is 16.2. The predicted molar refractivity (Wildman–Crippen MR) is 79.5 cm³/mol. The lowest BCUT2D eigenvalue weighted by atomic mass is 9.94. The molecule has 2 amide bonds. The van der Waals surface area contributed by atoms with E-state index in [2.05, 4.69) is 5.32 Å². The molecule has 4 aliphatic rings. The summed E-state index contributed by atoms with van der Waals surface area (Å²) in [7, 11) is 0. The molecule has 0 spiro atoms. The van der Waals surface area contributed by atoms with Crippen molar-refractivity contribution in [3.05, 3.63) is 0 Å². The molecule has 3 aliphatic carbocycles. The number of nitrogens with zero attached hydrogens (tertiary/aromatic N) is 1. The van der Waals surface area contributed by atoms with Crippen LogP contribution in [0.1, 0.15) is 64.2 Å². The van der Waals surface area contributed by atoms with Gasteiger partial charge in [0, 0.05) is 12.1 Å². The lowest BCUT2D eigenvalue weighted by Crippen LogP contribution is -2.48. The Hall–Kier alpha value is -0.900. The van der Waals surface area contributed by atoms with E-state index in [-0.39, 0.29) is 23.9 Å². The summed E-state index contributed by atoms with van der Waals surface area (Å²) in [5, 5.41) is 3.58. The van der Waals surface area contributed by atoms with Gasteiger partial charge in [0.15, 0.2) is 0 Å². The van der Waals surface area contributed by atoms with Crippen molar-refractivity contribution in [2.24, 2.45) is 11.8 Å². The first-order chi connectivity index (χ1) is 10.2. The summed E-state index contributed by atoms with van der Waals surface area (Å²) in [5.41, 5.74) is 0. The van der Waals surface area contributed by atoms with Crippen molar-refractivity contribution in [3.8, 4) is 0 Å². The van der Waals surface area contributed by atoms with Gasteiger partial charge in [0.2, 0.25) is 11.8 Å². The van der Waals surface area contributed by atoms with Crippen LogP contribution < -0.4 is 5.32 Å². The van der Waals surface area contributed by atoms with E-state index in [1.54, 1.807) is 4.90 Å². The number of imide groups is 1. The minimum absolute atomic E-state index is 0.0646. The number of carbonyl (C=O) groups is 2. The SMILES string of the molecule is O=C1CC(NC(C2CC2)C2CC2)C(=O)N1C1CCCCC1. The fraction of sp³-hybridized carbons (Fsp3) is 0.882. The maximum absolute atomic E-state index is 12.7. The predicted octanol–water partition coefficient (Wildman–Crippen LogP) is 2.22. The largest absolute Gasteiger partial charge is 0.302 e. The Balaban J connectivity index is 1.42. The summed E-state index contributed by atoms with van der Waals surface area (Å²) in [6.07, 6.45) is 11.2. The highest BCUT2D eigenvalue weighted by molar-refractivity contribution is 6.05. The van der Waals surface area contributed by atoms with E-state index in [1.165, 1.54) is 32.1 Å². The second kappa shape index (κ2) is 5.38. The molecule has 4 nitrogen and oxygen atoms in total. The van der Waals surface area contributed by atoms with Crippen molar-refractivity contribution >= 4 is 11.8 Å². The Kier molecular flexibility index (Phi) is 3.52. The Bertz CT molecular complexity index is 424. The Morgan fingerprint density at radius 3 is 2.10 bits per heavy atom. The minimum Gasteiger partial charge on any atom is -0.302 e. The van der Waals surface area contributed by atoms with Gasteiger partial charge in [0.25, 0.3) is 0 Å². The fourth-order valence-electron chi connectivity index (χ4n) is 4.30. The number of nitrogens with one attached hydrogen (secondary N) is 1. The van der Waals surface area contributed by atoms with Gasteiger partial charge in [-0.2, -0.15) is 0 Å². The smallest absolute Gasteiger partial charge is 0.247 e. The molecule has 1 aliphatic heterocycles. The Labute approximate surface area is 126 Å². The first kappa shape index (κ1) is 13.7. The van der Waals surface area contributed by atoms with Crippen molar-refractivity contribution in [2.75, 3.05) is 0 Å². The van der Waals surface area contributed by atoms with E-state index in [4.69, 9.17) is 0 Å². The maximum Gasteiger partial charge on any atom is 0.247 e. The molecule has 1 N–H and O–H groups in total. The quantitative estimate of drug-likeness (QED) is 0.790. The molecule has 3 saturated carbocycles. The van der Waals surface area contributed by atoms with E-state index >= 15 is 0 Å². The molecule has 0 bridgehead atoms. The molecule has 1 heterocycles. The number of hydrogen-bond acceptors (Lipinski definition) is 3. The van der Waals surface area contributed by atoms with Crippen LogP contribution in [0.25, 0.3) is 0 Å². The molecule has 1 unspecified atom stereocenters. The summed E-state index contributed by atoms with van der Waals surface area (Å²) in [6, 6.07) is 0.453. The molecule has 4 rings (SSSR count). The fourth-order valence-corrected chi connectivity index (χ4v) is 4.30. The van der Waals surface area contributed by atoms with Crippen molar-refractivity contribution < 1.29 is 9.59 Å². The summed E-state index contributed by atoms with van der Waals surface area (Å²) in [4.78, 5) is 26.6. The molecular weight excluding hydrogens is 264 g/mol. The van der Waals surface area contributed by atoms with Crippen LogP contribution in [-0.4, -0.2) is 34.8 Å². The molecule has 21 heavy (non-hydrogen) atoms. The average Bonchev–Trinajstić information content (AvgIpc) is 3.38. The molecule has 0 aromatic rings. The number of amides is 2. The van der Waals surface area contributed by atoms with Gasteiger partial charge in [0.1, 0.15) is 0 Å². The van der Waals surface area contributed by atoms with Gasteiger partial charge in [-0.15, -0.1) is 0 Å². The molecular formula is C17H26N2O2. The zero-order valence-electron chi connectivity index (χ0n) is 12.7. The van der Waals surface area contributed by atoms with Gasteiger partial charge in [0.05, 0.1) is 12.5 Å². The Morgan fingerprint density at radius 2 is 1.52 bits per heavy atom. The summed E-state index contributed by atoms with van der Waals surface area (Å²) in [6.45, 7) is 0. The number of hydrogen-bond donors (Lipinski definition) is 1. The average molecular weight is 290 g/mol. The number of likely N-dealkylation sites (tertiary alicyclic amines) is 1. The molecule has 116 valence electrons. The molecule has 0 radical (unpaired) electrons. The van der Waals surface area contributed by atoms with Crippen molar-refractivity contribution in [3.63, 3.8) is 0 Å². The topological polar surface area (TPSA) is 49.4 Å².